The van der Waals surface area contributed by atoms with E-state index in [4.69, 9.17) is 27.4 Å². The van der Waals surface area contributed by atoms with E-state index in [-0.39, 0.29) is 12.1 Å². The van der Waals surface area contributed by atoms with Crippen molar-refractivity contribution in [3.63, 3.8) is 0 Å². The number of nitrogens with one attached hydrogen (secondary N) is 2. The normalized spacial score (nSPS) is 12.5. The fourth-order valence-corrected chi connectivity index (χ4v) is 3.38. The third-order valence-corrected chi connectivity index (χ3v) is 4.85. The molecule has 0 unspecified atom stereocenters. The molecule has 150 valence electrons. The van der Waals surface area contributed by atoms with E-state index in [1.165, 1.54) is 0 Å². The molecule has 0 saturated carbocycles. The standard InChI is InChI=1S/C23H25N3O2S/c1-27-19-14-13-18(15-20(19)28-2)25-23(29)26-22(17-11-7-4-8-12-17)21(24)16-9-5-3-6-10-16/h3-15,21-22H,24H2,1-2H3,(H2,25,26,29)/t21-,22-/m1/s1. The van der Waals surface area contributed by atoms with Gasteiger partial charge in [0, 0.05) is 11.8 Å². The van der Waals surface area contributed by atoms with Crippen LogP contribution in [0.5, 0.6) is 11.5 Å². The van der Waals surface area contributed by atoms with Gasteiger partial charge in [-0.3, -0.25) is 0 Å². The van der Waals surface area contributed by atoms with Gasteiger partial charge in [-0.05, 0) is 35.5 Å². The Kier molecular flexibility index (Phi) is 7.05. The van der Waals surface area contributed by atoms with Gasteiger partial charge in [0.05, 0.1) is 26.3 Å². The van der Waals surface area contributed by atoms with Crippen molar-refractivity contribution in [2.75, 3.05) is 19.5 Å². The van der Waals surface area contributed by atoms with Gasteiger partial charge in [-0.1, -0.05) is 60.7 Å². The summed E-state index contributed by atoms with van der Waals surface area (Å²) in [5.74, 6) is 1.28. The molecule has 29 heavy (non-hydrogen) atoms. The van der Waals surface area contributed by atoms with Crippen LogP contribution in [0, 0.1) is 0 Å². The van der Waals surface area contributed by atoms with Crippen LogP contribution in [0.4, 0.5) is 5.69 Å². The van der Waals surface area contributed by atoms with E-state index in [9.17, 15) is 0 Å². The smallest absolute Gasteiger partial charge is 0.171 e. The van der Waals surface area contributed by atoms with Gasteiger partial charge in [-0.2, -0.15) is 0 Å². The molecular weight excluding hydrogens is 382 g/mol. The molecule has 0 fully saturated rings. The lowest BCUT2D eigenvalue weighted by Gasteiger charge is -2.27. The van der Waals surface area contributed by atoms with E-state index in [2.05, 4.69) is 10.6 Å². The maximum absolute atomic E-state index is 6.61. The molecule has 3 aromatic carbocycles. The maximum atomic E-state index is 6.61. The second kappa shape index (κ2) is 9.91. The number of thiocarbonyl (C=S) groups is 1. The van der Waals surface area contributed by atoms with Crippen LogP contribution < -0.4 is 25.8 Å². The Labute approximate surface area is 176 Å². The molecule has 4 N–H and O–H groups in total. The molecule has 0 spiro atoms. The fraction of sp³-hybridized carbons (Fsp3) is 0.174. The Balaban J connectivity index is 1.80. The zero-order chi connectivity index (χ0) is 20.6. The van der Waals surface area contributed by atoms with Gasteiger partial charge in [0.15, 0.2) is 16.6 Å². The SMILES string of the molecule is COc1ccc(NC(=S)N[C@H](c2ccccc2)[C@H](N)c2ccccc2)cc1OC. The number of methoxy groups -OCH3 is 2. The average Bonchev–Trinajstić information content (AvgIpc) is 2.78. The lowest BCUT2D eigenvalue weighted by molar-refractivity contribution is 0.355. The summed E-state index contributed by atoms with van der Waals surface area (Å²) in [5, 5.41) is 7.04. The van der Waals surface area contributed by atoms with Crippen molar-refractivity contribution in [2.45, 2.75) is 12.1 Å². The molecule has 5 nitrogen and oxygen atoms in total. The van der Waals surface area contributed by atoms with E-state index >= 15 is 0 Å². The Morgan fingerprint density at radius 3 is 2.00 bits per heavy atom. The molecular formula is C23H25N3O2S. The van der Waals surface area contributed by atoms with Crippen molar-refractivity contribution >= 4 is 23.0 Å². The molecule has 0 heterocycles. The van der Waals surface area contributed by atoms with Crippen molar-refractivity contribution in [2.24, 2.45) is 5.73 Å². The molecule has 0 bridgehead atoms. The first kappa shape index (κ1) is 20.6. The van der Waals surface area contributed by atoms with Crippen molar-refractivity contribution in [1.29, 1.82) is 0 Å². The van der Waals surface area contributed by atoms with E-state index in [0.29, 0.717) is 16.6 Å². The van der Waals surface area contributed by atoms with Gasteiger partial charge < -0.3 is 25.8 Å². The van der Waals surface area contributed by atoms with Crippen LogP contribution in [0.25, 0.3) is 0 Å². The molecule has 0 aliphatic rings. The minimum absolute atomic E-state index is 0.196. The molecule has 0 aliphatic heterocycles. The highest BCUT2D eigenvalue weighted by Gasteiger charge is 2.22. The quantitative estimate of drug-likeness (QED) is 0.504. The van der Waals surface area contributed by atoms with Crippen LogP contribution in [-0.4, -0.2) is 19.3 Å². The summed E-state index contributed by atoms with van der Waals surface area (Å²) >= 11 is 5.57. The monoisotopic (exact) mass is 407 g/mol. The molecule has 6 heteroatoms. The molecule has 0 aliphatic carbocycles. The van der Waals surface area contributed by atoms with Crippen LogP contribution in [0.3, 0.4) is 0 Å². The summed E-state index contributed by atoms with van der Waals surface area (Å²) in [6, 6.07) is 25.1. The van der Waals surface area contributed by atoms with Gasteiger partial charge in [0.2, 0.25) is 0 Å². The van der Waals surface area contributed by atoms with Crippen molar-refractivity contribution in [3.8, 4) is 11.5 Å². The summed E-state index contributed by atoms with van der Waals surface area (Å²) in [5.41, 5.74) is 9.49. The van der Waals surface area contributed by atoms with E-state index < -0.39 is 0 Å². The summed E-state index contributed by atoms with van der Waals surface area (Å²) in [6.07, 6.45) is 0. The summed E-state index contributed by atoms with van der Waals surface area (Å²) in [7, 11) is 3.20. The first-order valence-electron chi connectivity index (χ1n) is 9.27. The highest BCUT2D eigenvalue weighted by Crippen LogP contribution is 2.30. The van der Waals surface area contributed by atoms with Crippen LogP contribution in [0.1, 0.15) is 23.2 Å². The Morgan fingerprint density at radius 2 is 1.41 bits per heavy atom. The molecule has 0 amide bonds. The van der Waals surface area contributed by atoms with Gasteiger partial charge in [0.25, 0.3) is 0 Å². The molecule has 3 rings (SSSR count). The van der Waals surface area contributed by atoms with Crippen LogP contribution >= 0.6 is 12.2 Å². The van der Waals surface area contributed by atoms with E-state index in [1.807, 2.05) is 78.9 Å². The van der Waals surface area contributed by atoms with Crippen LogP contribution in [0.15, 0.2) is 78.9 Å². The number of anilines is 1. The number of rotatable bonds is 7. The summed E-state index contributed by atoms with van der Waals surface area (Å²) in [6.45, 7) is 0. The zero-order valence-corrected chi connectivity index (χ0v) is 17.3. The Bertz CT molecular complexity index is 935. The first-order valence-corrected chi connectivity index (χ1v) is 9.68. The fourth-order valence-electron chi connectivity index (χ4n) is 3.13. The zero-order valence-electron chi connectivity index (χ0n) is 16.5. The number of hydrogen-bond donors (Lipinski definition) is 3. The summed E-state index contributed by atoms with van der Waals surface area (Å²) < 4.78 is 10.6. The first-order chi connectivity index (χ1) is 14.1. The van der Waals surface area contributed by atoms with Crippen molar-refractivity contribution < 1.29 is 9.47 Å². The van der Waals surface area contributed by atoms with Crippen molar-refractivity contribution in [3.05, 3.63) is 90.0 Å². The highest BCUT2D eigenvalue weighted by atomic mass is 32.1. The third-order valence-electron chi connectivity index (χ3n) is 4.63. The highest BCUT2D eigenvalue weighted by molar-refractivity contribution is 7.80. The van der Waals surface area contributed by atoms with Gasteiger partial charge in [-0.15, -0.1) is 0 Å². The molecule has 2 atom stereocenters. The van der Waals surface area contributed by atoms with E-state index in [0.717, 1.165) is 16.8 Å². The largest absolute Gasteiger partial charge is 0.493 e. The van der Waals surface area contributed by atoms with E-state index in [1.54, 1.807) is 14.2 Å². The van der Waals surface area contributed by atoms with Gasteiger partial charge >= 0.3 is 0 Å². The van der Waals surface area contributed by atoms with Crippen LogP contribution in [0.2, 0.25) is 0 Å². The summed E-state index contributed by atoms with van der Waals surface area (Å²) in [4.78, 5) is 0. The number of hydrogen-bond acceptors (Lipinski definition) is 4. The Morgan fingerprint density at radius 1 is 0.828 bits per heavy atom. The lowest BCUT2D eigenvalue weighted by atomic mass is 9.94. The topological polar surface area (TPSA) is 68.5 Å². The maximum Gasteiger partial charge on any atom is 0.171 e. The minimum Gasteiger partial charge on any atom is -0.493 e. The predicted molar refractivity (Wildman–Crippen MR) is 121 cm³/mol. The predicted octanol–water partition coefficient (Wildman–Crippen LogP) is 4.43. The van der Waals surface area contributed by atoms with Crippen molar-refractivity contribution in [1.82, 2.24) is 5.32 Å². The van der Waals surface area contributed by atoms with Gasteiger partial charge in [0.1, 0.15) is 0 Å². The number of ether oxygens (including phenoxy) is 2. The number of benzene rings is 3. The molecule has 0 saturated heterocycles. The number of nitrogens with two attached hydrogens (primary N) is 1. The second-order valence-electron chi connectivity index (χ2n) is 6.49. The lowest BCUT2D eigenvalue weighted by Crippen LogP contribution is -2.38. The molecule has 3 aromatic rings. The van der Waals surface area contributed by atoms with Gasteiger partial charge in [-0.25, -0.2) is 0 Å². The molecule has 0 radical (unpaired) electrons. The third kappa shape index (κ3) is 5.25. The molecule has 0 aromatic heterocycles. The average molecular weight is 408 g/mol. The van der Waals surface area contributed by atoms with Crippen LogP contribution in [-0.2, 0) is 0 Å². The minimum atomic E-state index is -0.274. The Hall–Kier alpha value is -3.09. The second-order valence-corrected chi connectivity index (χ2v) is 6.90.